The molecule has 1 aromatic rings. The van der Waals surface area contributed by atoms with Crippen LogP contribution in [0.25, 0.3) is 0 Å². The molecule has 0 aliphatic heterocycles. The van der Waals surface area contributed by atoms with Crippen LogP contribution in [0.2, 0.25) is 0 Å². The summed E-state index contributed by atoms with van der Waals surface area (Å²) in [7, 11) is 0. The maximum absolute atomic E-state index is 12.9. The molecule has 2 N–H and O–H groups in total. The van der Waals surface area contributed by atoms with Crippen LogP contribution < -0.4 is 10.7 Å². The van der Waals surface area contributed by atoms with Crippen molar-refractivity contribution in [2.45, 2.75) is 64.5 Å². The van der Waals surface area contributed by atoms with Crippen LogP contribution in [-0.2, 0) is 15.8 Å². The number of hydrazone groups is 1. The molecule has 0 unspecified atom stereocenters. The van der Waals surface area contributed by atoms with E-state index in [1.54, 1.807) is 0 Å². The first kappa shape index (κ1) is 23.7. The van der Waals surface area contributed by atoms with Crippen LogP contribution in [0.4, 0.5) is 13.2 Å². The van der Waals surface area contributed by atoms with Crippen molar-refractivity contribution < 1.29 is 22.8 Å². The highest BCUT2D eigenvalue weighted by molar-refractivity contribution is 5.86. The van der Waals surface area contributed by atoms with Gasteiger partial charge in [-0.2, -0.15) is 18.3 Å². The lowest BCUT2D eigenvalue weighted by Crippen LogP contribution is -2.34. The Hall–Kier alpha value is -2.38. The largest absolute Gasteiger partial charge is 0.417 e. The smallest absolute Gasteiger partial charge is 0.347 e. The van der Waals surface area contributed by atoms with Crippen LogP contribution in [0.15, 0.2) is 29.4 Å². The van der Waals surface area contributed by atoms with Gasteiger partial charge in [0.1, 0.15) is 0 Å². The summed E-state index contributed by atoms with van der Waals surface area (Å²) >= 11 is 0. The first-order chi connectivity index (χ1) is 13.3. The van der Waals surface area contributed by atoms with E-state index in [1.165, 1.54) is 43.9 Å². The lowest BCUT2D eigenvalue weighted by atomic mass is 10.1. The molecule has 1 rings (SSSR count). The molecule has 2 amide bonds. The molecular weight excluding hydrogens is 371 g/mol. The molecule has 156 valence electrons. The highest BCUT2D eigenvalue weighted by atomic mass is 19.4. The quantitative estimate of drug-likeness (QED) is 0.310. The Labute approximate surface area is 163 Å². The van der Waals surface area contributed by atoms with Crippen LogP contribution in [0.5, 0.6) is 0 Å². The van der Waals surface area contributed by atoms with Crippen LogP contribution >= 0.6 is 0 Å². The number of unbranched alkanes of at least 4 members (excludes halogenated alkanes) is 6. The molecule has 5 nitrogen and oxygen atoms in total. The number of nitrogens with one attached hydrogen (secondary N) is 2. The third kappa shape index (κ3) is 10.1. The summed E-state index contributed by atoms with van der Waals surface area (Å²) in [6, 6.07) is 4.91. The minimum atomic E-state index is -4.50. The number of hydrogen-bond donors (Lipinski definition) is 2. The summed E-state index contributed by atoms with van der Waals surface area (Å²) in [4.78, 5) is 23.3. The van der Waals surface area contributed by atoms with E-state index in [4.69, 9.17) is 0 Å². The average Bonchev–Trinajstić information content (AvgIpc) is 2.65. The van der Waals surface area contributed by atoms with Crippen molar-refractivity contribution in [2.24, 2.45) is 5.10 Å². The van der Waals surface area contributed by atoms with Gasteiger partial charge in [-0.1, -0.05) is 63.6 Å². The molecule has 0 aromatic heterocycles. The van der Waals surface area contributed by atoms with Crippen molar-refractivity contribution in [1.29, 1.82) is 0 Å². The third-order valence-corrected chi connectivity index (χ3v) is 4.11. The van der Waals surface area contributed by atoms with Gasteiger partial charge in [0.2, 0.25) is 5.91 Å². The molecule has 0 spiro atoms. The molecule has 0 bridgehead atoms. The van der Waals surface area contributed by atoms with Crippen LogP contribution in [0.3, 0.4) is 0 Å². The van der Waals surface area contributed by atoms with E-state index < -0.39 is 17.6 Å². The number of alkyl halides is 3. The molecule has 0 saturated carbocycles. The van der Waals surface area contributed by atoms with Gasteiger partial charge in [-0.05, 0) is 12.5 Å². The maximum atomic E-state index is 12.9. The molecule has 0 aliphatic carbocycles. The predicted molar refractivity (Wildman–Crippen MR) is 103 cm³/mol. The fourth-order valence-corrected chi connectivity index (χ4v) is 2.59. The van der Waals surface area contributed by atoms with Crippen LogP contribution in [0.1, 0.15) is 69.4 Å². The van der Waals surface area contributed by atoms with Gasteiger partial charge in [0.05, 0.1) is 18.3 Å². The van der Waals surface area contributed by atoms with E-state index in [0.717, 1.165) is 31.5 Å². The van der Waals surface area contributed by atoms with Gasteiger partial charge in [-0.25, -0.2) is 5.43 Å². The SMILES string of the molecule is CCCCCCCCCC(=O)NCC(=O)N/N=C\c1ccccc1C(F)(F)F. The Balaban J connectivity index is 2.25. The summed E-state index contributed by atoms with van der Waals surface area (Å²) in [5.74, 6) is -0.830. The number of amides is 2. The molecule has 0 aliphatic rings. The number of hydrogen-bond acceptors (Lipinski definition) is 3. The zero-order valence-electron chi connectivity index (χ0n) is 16.1. The summed E-state index contributed by atoms with van der Waals surface area (Å²) in [6.07, 6.45) is 4.45. The molecular formula is C20H28F3N3O2. The summed E-state index contributed by atoms with van der Waals surface area (Å²) in [5, 5.41) is 6.00. The fourth-order valence-electron chi connectivity index (χ4n) is 2.59. The first-order valence-electron chi connectivity index (χ1n) is 9.59. The Morgan fingerprint density at radius 3 is 2.32 bits per heavy atom. The van der Waals surface area contributed by atoms with E-state index >= 15 is 0 Å². The Morgan fingerprint density at radius 1 is 1.00 bits per heavy atom. The molecule has 0 radical (unpaired) electrons. The van der Waals surface area contributed by atoms with E-state index in [2.05, 4.69) is 22.8 Å². The van der Waals surface area contributed by atoms with Gasteiger partial charge in [0, 0.05) is 12.0 Å². The number of rotatable bonds is 12. The number of nitrogens with zero attached hydrogens (tertiary/aromatic N) is 1. The van der Waals surface area contributed by atoms with E-state index in [0.29, 0.717) is 6.42 Å². The number of carbonyl (C=O) groups excluding carboxylic acids is 2. The van der Waals surface area contributed by atoms with Gasteiger partial charge in [-0.3, -0.25) is 9.59 Å². The van der Waals surface area contributed by atoms with E-state index in [-0.39, 0.29) is 18.0 Å². The molecule has 8 heteroatoms. The van der Waals surface area contributed by atoms with Crippen molar-refractivity contribution >= 4 is 18.0 Å². The van der Waals surface area contributed by atoms with E-state index in [1.807, 2.05) is 0 Å². The van der Waals surface area contributed by atoms with Gasteiger partial charge in [0.25, 0.3) is 5.91 Å². The second-order valence-electron chi connectivity index (χ2n) is 6.53. The molecule has 0 saturated heterocycles. The summed E-state index contributed by atoms with van der Waals surface area (Å²) in [6.45, 7) is 1.89. The van der Waals surface area contributed by atoms with E-state index in [9.17, 15) is 22.8 Å². The van der Waals surface area contributed by atoms with Gasteiger partial charge in [-0.15, -0.1) is 0 Å². The standard InChI is InChI=1S/C20H28F3N3O2/c1-2-3-4-5-6-7-8-13-18(27)24-15-19(28)26-25-14-16-11-9-10-12-17(16)20(21,22)23/h9-12,14H,2-8,13,15H2,1H3,(H,24,27)(H,26,28)/b25-14-. The summed E-state index contributed by atoms with van der Waals surface area (Å²) < 4.78 is 38.6. The second kappa shape index (κ2) is 12.9. The van der Waals surface area contributed by atoms with Crippen molar-refractivity contribution in [3.8, 4) is 0 Å². The number of benzene rings is 1. The third-order valence-electron chi connectivity index (χ3n) is 4.11. The Morgan fingerprint density at radius 2 is 1.64 bits per heavy atom. The number of carbonyl (C=O) groups is 2. The molecule has 1 aromatic carbocycles. The lowest BCUT2D eigenvalue weighted by Gasteiger charge is -2.09. The average molecular weight is 399 g/mol. The van der Waals surface area contributed by atoms with Crippen LogP contribution in [-0.4, -0.2) is 24.6 Å². The van der Waals surface area contributed by atoms with Gasteiger partial charge >= 0.3 is 6.18 Å². The predicted octanol–water partition coefficient (Wildman–Crippen LogP) is 4.41. The highest BCUT2D eigenvalue weighted by Gasteiger charge is 2.32. The summed E-state index contributed by atoms with van der Waals surface area (Å²) in [5.41, 5.74) is 1.12. The topological polar surface area (TPSA) is 70.6 Å². The Bertz CT molecular complexity index is 646. The lowest BCUT2D eigenvalue weighted by molar-refractivity contribution is -0.137. The van der Waals surface area contributed by atoms with Crippen molar-refractivity contribution in [3.63, 3.8) is 0 Å². The second-order valence-corrected chi connectivity index (χ2v) is 6.53. The van der Waals surface area contributed by atoms with Gasteiger partial charge in [0.15, 0.2) is 0 Å². The zero-order valence-corrected chi connectivity index (χ0v) is 16.1. The van der Waals surface area contributed by atoms with Crippen molar-refractivity contribution in [2.75, 3.05) is 6.54 Å². The Kier molecular flexibility index (Phi) is 10.9. The molecule has 0 fully saturated rings. The molecule has 0 heterocycles. The van der Waals surface area contributed by atoms with Crippen molar-refractivity contribution in [3.05, 3.63) is 35.4 Å². The zero-order chi connectivity index (χ0) is 20.8. The minimum absolute atomic E-state index is 0.154. The first-order valence-corrected chi connectivity index (χ1v) is 9.59. The maximum Gasteiger partial charge on any atom is 0.417 e. The highest BCUT2D eigenvalue weighted by Crippen LogP contribution is 2.30. The minimum Gasteiger partial charge on any atom is -0.347 e. The normalized spacial score (nSPS) is 11.6. The fraction of sp³-hybridized carbons (Fsp3) is 0.550. The monoisotopic (exact) mass is 399 g/mol. The molecule has 0 atom stereocenters. The van der Waals surface area contributed by atoms with Crippen LogP contribution in [0, 0.1) is 0 Å². The van der Waals surface area contributed by atoms with Gasteiger partial charge < -0.3 is 5.32 Å². The van der Waals surface area contributed by atoms with Crippen molar-refractivity contribution in [1.82, 2.24) is 10.7 Å². The molecule has 28 heavy (non-hydrogen) atoms. The number of halogens is 3.